The number of carbonyl (C=O) groups excluding carboxylic acids is 2. The number of carbonyl (C=O) groups is 2. The lowest BCUT2D eigenvalue weighted by Crippen LogP contribution is -2.19. The van der Waals surface area contributed by atoms with Crippen LogP contribution in [0.15, 0.2) is 78.9 Å². The predicted octanol–water partition coefficient (Wildman–Crippen LogP) is 8.54. The van der Waals surface area contributed by atoms with Crippen LogP contribution in [0.2, 0.25) is 0 Å². The van der Waals surface area contributed by atoms with E-state index in [1.165, 1.54) is 75.3 Å². The quantitative estimate of drug-likeness (QED) is 0.285. The van der Waals surface area contributed by atoms with Crippen molar-refractivity contribution in [2.75, 3.05) is 6.61 Å². The molecule has 0 saturated heterocycles. The molecule has 2 aliphatic rings. The Hall–Kier alpha value is -3.40. The molecular formula is C34H38O4. The highest BCUT2D eigenvalue weighted by atomic mass is 16.6. The van der Waals surface area contributed by atoms with E-state index in [1.807, 2.05) is 54.6 Å². The van der Waals surface area contributed by atoms with Crippen LogP contribution in [-0.2, 0) is 9.47 Å². The first kappa shape index (κ1) is 26.2. The molecule has 0 unspecified atom stereocenters. The number of hydrogen-bond acceptors (Lipinski definition) is 4. The summed E-state index contributed by atoms with van der Waals surface area (Å²) < 4.78 is 11.5. The number of esters is 2. The fourth-order valence-electron chi connectivity index (χ4n) is 5.95. The minimum Gasteiger partial charge on any atom is -0.458 e. The molecule has 3 aromatic carbocycles. The second kappa shape index (κ2) is 12.9. The van der Waals surface area contributed by atoms with Gasteiger partial charge in [0.2, 0.25) is 0 Å². The van der Waals surface area contributed by atoms with Gasteiger partial charge in [0.25, 0.3) is 0 Å². The van der Waals surface area contributed by atoms with E-state index >= 15 is 0 Å². The lowest BCUT2D eigenvalue weighted by atomic mass is 9.84. The highest BCUT2D eigenvalue weighted by molar-refractivity contribution is 5.90. The highest BCUT2D eigenvalue weighted by Gasteiger charge is 2.22. The maximum atomic E-state index is 13.1. The Labute approximate surface area is 226 Å². The van der Waals surface area contributed by atoms with E-state index < -0.39 is 18.0 Å². The maximum Gasteiger partial charge on any atom is 0.338 e. The summed E-state index contributed by atoms with van der Waals surface area (Å²) in [5.74, 6) is 0.352. The lowest BCUT2D eigenvalue weighted by Gasteiger charge is -2.22. The van der Waals surface area contributed by atoms with Gasteiger partial charge in [0.05, 0.1) is 11.1 Å². The third kappa shape index (κ3) is 6.72. The molecule has 2 aliphatic carbocycles. The molecule has 0 amide bonds. The molecule has 0 spiro atoms. The van der Waals surface area contributed by atoms with E-state index in [9.17, 15) is 9.59 Å². The zero-order valence-electron chi connectivity index (χ0n) is 22.1. The molecule has 3 aromatic rings. The van der Waals surface area contributed by atoms with Crippen molar-refractivity contribution in [1.82, 2.24) is 0 Å². The Balaban J connectivity index is 1.22. The summed E-state index contributed by atoms with van der Waals surface area (Å²) in [6.07, 6.45) is 11.9. The minimum atomic E-state index is -0.688. The van der Waals surface area contributed by atoms with Gasteiger partial charge < -0.3 is 9.47 Å². The Bertz CT molecular complexity index is 1170. The first-order valence-corrected chi connectivity index (χ1v) is 14.3. The van der Waals surface area contributed by atoms with Gasteiger partial charge in [0.1, 0.15) is 6.61 Å². The summed E-state index contributed by atoms with van der Waals surface area (Å²) in [4.78, 5) is 25.9. The van der Waals surface area contributed by atoms with Crippen LogP contribution < -0.4 is 0 Å². The van der Waals surface area contributed by atoms with Crippen LogP contribution in [0.5, 0.6) is 0 Å². The van der Waals surface area contributed by atoms with Crippen LogP contribution in [0.3, 0.4) is 0 Å². The van der Waals surface area contributed by atoms with Crippen LogP contribution in [0.25, 0.3) is 0 Å². The first-order valence-electron chi connectivity index (χ1n) is 14.3. The van der Waals surface area contributed by atoms with Gasteiger partial charge in [-0.15, -0.1) is 0 Å². The highest BCUT2D eigenvalue weighted by Crippen LogP contribution is 2.34. The molecule has 0 aliphatic heterocycles. The van der Waals surface area contributed by atoms with Gasteiger partial charge in [-0.05, 0) is 78.5 Å². The molecular weight excluding hydrogens is 472 g/mol. The van der Waals surface area contributed by atoms with Crippen LogP contribution in [0, 0.1) is 0 Å². The first-order chi connectivity index (χ1) is 18.7. The van der Waals surface area contributed by atoms with Gasteiger partial charge in [-0.3, -0.25) is 0 Å². The maximum absolute atomic E-state index is 13.1. The normalized spacial score (nSPS) is 17.5. The van der Waals surface area contributed by atoms with E-state index in [2.05, 4.69) is 24.3 Å². The van der Waals surface area contributed by atoms with Crippen molar-refractivity contribution in [3.63, 3.8) is 0 Å². The molecule has 0 heterocycles. The summed E-state index contributed by atoms with van der Waals surface area (Å²) in [6.45, 7) is -0.0425. The molecule has 38 heavy (non-hydrogen) atoms. The third-order valence-corrected chi connectivity index (χ3v) is 8.23. The van der Waals surface area contributed by atoms with Crippen LogP contribution in [0.4, 0.5) is 0 Å². The number of benzene rings is 3. The summed E-state index contributed by atoms with van der Waals surface area (Å²) in [5.41, 5.74) is 4.41. The summed E-state index contributed by atoms with van der Waals surface area (Å²) in [6, 6.07) is 25.1. The molecule has 1 atom stereocenters. The molecule has 0 aromatic heterocycles. The van der Waals surface area contributed by atoms with Gasteiger partial charge in [-0.2, -0.15) is 0 Å². The zero-order chi connectivity index (χ0) is 26.2. The molecule has 2 saturated carbocycles. The van der Waals surface area contributed by atoms with E-state index in [4.69, 9.17) is 9.47 Å². The van der Waals surface area contributed by atoms with Gasteiger partial charge in [0, 0.05) is 0 Å². The average molecular weight is 511 g/mol. The van der Waals surface area contributed by atoms with Gasteiger partial charge in [0.15, 0.2) is 6.10 Å². The van der Waals surface area contributed by atoms with Crippen molar-refractivity contribution < 1.29 is 19.1 Å². The van der Waals surface area contributed by atoms with Crippen molar-refractivity contribution in [2.45, 2.75) is 82.1 Å². The number of ether oxygens (including phenoxy) is 2. The Morgan fingerprint density at radius 1 is 0.605 bits per heavy atom. The Morgan fingerprint density at radius 2 is 1.08 bits per heavy atom. The summed E-state index contributed by atoms with van der Waals surface area (Å²) in [7, 11) is 0. The van der Waals surface area contributed by atoms with Crippen molar-refractivity contribution in [1.29, 1.82) is 0 Å². The van der Waals surface area contributed by atoms with Crippen LogP contribution in [-0.4, -0.2) is 18.5 Å². The van der Waals surface area contributed by atoms with Crippen LogP contribution >= 0.6 is 0 Å². The fraction of sp³-hybridized carbons (Fsp3) is 0.412. The molecule has 2 fully saturated rings. The Morgan fingerprint density at radius 3 is 1.58 bits per heavy atom. The van der Waals surface area contributed by atoms with Crippen molar-refractivity contribution in [3.8, 4) is 0 Å². The van der Waals surface area contributed by atoms with E-state index in [0.29, 0.717) is 23.0 Å². The third-order valence-electron chi connectivity index (χ3n) is 8.23. The van der Waals surface area contributed by atoms with Crippen molar-refractivity contribution in [3.05, 3.63) is 107 Å². The van der Waals surface area contributed by atoms with Crippen molar-refractivity contribution >= 4 is 11.9 Å². The van der Waals surface area contributed by atoms with Crippen LogP contribution in [0.1, 0.15) is 120 Å². The lowest BCUT2D eigenvalue weighted by molar-refractivity contribution is -0.00133. The molecule has 5 rings (SSSR count). The van der Waals surface area contributed by atoms with E-state index in [0.717, 1.165) is 5.56 Å². The van der Waals surface area contributed by atoms with Crippen molar-refractivity contribution in [2.24, 2.45) is 0 Å². The van der Waals surface area contributed by atoms with Gasteiger partial charge >= 0.3 is 11.9 Å². The Kier molecular flexibility index (Phi) is 8.90. The average Bonchev–Trinajstić information content (AvgIpc) is 3.00. The summed E-state index contributed by atoms with van der Waals surface area (Å²) >= 11 is 0. The fourth-order valence-corrected chi connectivity index (χ4v) is 5.95. The molecule has 0 radical (unpaired) electrons. The summed E-state index contributed by atoms with van der Waals surface area (Å²) in [5, 5.41) is 0. The smallest absolute Gasteiger partial charge is 0.338 e. The molecule has 198 valence electrons. The number of rotatable bonds is 8. The largest absolute Gasteiger partial charge is 0.458 e. The second-order valence-corrected chi connectivity index (χ2v) is 10.8. The molecule has 0 N–H and O–H groups in total. The number of hydrogen-bond donors (Lipinski definition) is 0. The zero-order valence-corrected chi connectivity index (χ0v) is 22.1. The van der Waals surface area contributed by atoms with Gasteiger partial charge in [-0.25, -0.2) is 9.59 Å². The topological polar surface area (TPSA) is 52.6 Å². The standard InChI is InChI=1S/C34H38O4/c35-33(30-20-16-27(17-21-30)25-10-4-1-5-11-25)37-24-32(29-14-8-3-9-15-29)38-34(36)31-22-18-28(19-23-31)26-12-6-2-7-13-26/h3,8-9,14-23,25-26,32H,1-2,4-7,10-13,24H2/t32-/m0/s1. The monoisotopic (exact) mass is 510 g/mol. The van der Waals surface area contributed by atoms with E-state index in [-0.39, 0.29) is 6.61 Å². The molecule has 4 nitrogen and oxygen atoms in total. The predicted molar refractivity (Wildman–Crippen MR) is 149 cm³/mol. The molecule has 4 heteroatoms. The molecule has 0 bridgehead atoms. The minimum absolute atomic E-state index is 0.0425. The second-order valence-electron chi connectivity index (χ2n) is 10.8. The SMILES string of the molecule is O=C(OC[C@H](OC(=O)c1ccc(C2CCCCC2)cc1)c1ccccc1)c1ccc(C2CCCCC2)cc1. The van der Waals surface area contributed by atoms with E-state index in [1.54, 1.807) is 0 Å². The van der Waals surface area contributed by atoms with Gasteiger partial charge in [-0.1, -0.05) is 93.1 Å².